The molecule has 0 aliphatic carbocycles. The highest BCUT2D eigenvalue weighted by molar-refractivity contribution is 6.58. The largest absolute Gasteiger partial charge is 0.488 e. The van der Waals surface area contributed by atoms with E-state index in [1.165, 1.54) is 24.3 Å². The van der Waals surface area contributed by atoms with Crippen molar-refractivity contribution in [1.29, 1.82) is 0 Å². The SMILES string of the molecule is O=C(Nc1ccccc1Cl)c1ccc(B(O)O)cc1. The zero-order chi connectivity index (χ0) is 13.8. The monoisotopic (exact) mass is 275 g/mol. The van der Waals surface area contributed by atoms with Gasteiger partial charge in [0, 0.05) is 5.56 Å². The first kappa shape index (κ1) is 13.6. The lowest BCUT2D eigenvalue weighted by atomic mass is 9.80. The number of hydrogen-bond donors (Lipinski definition) is 3. The molecule has 0 saturated heterocycles. The van der Waals surface area contributed by atoms with Crippen LogP contribution in [0.25, 0.3) is 0 Å². The summed E-state index contributed by atoms with van der Waals surface area (Å²) in [6, 6.07) is 12.9. The van der Waals surface area contributed by atoms with Gasteiger partial charge in [0.1, 0.15) is 0 Å². The molecule has 0 atom stereocenters. The van der Waals surface area contributed by atoms with E-state index in [-0.39, 0.29) is 5.91 Å². The van der Waals surface area contributed by atoms with Gasteiger partial charge < -0.3 is 15.4 Å². The molecule has 4 nitrogen and oxygen atoms in total. The normalized spacial score (nSPS) is 10.1. The van der Waals surface area contributed by atoms with Gasteiger partial charge in [-0.2, -0.15) is 0 Å². The second kappa shape index (κ2) is 5.88. The number of rotatable bonds is 3. The number of amides is 1. The van der Waals surface area contributed by atoms with Crippen molar-refractivity contribution in [3.8, 4) is 0 Å². The summed E-state index contributed by atoms with van der Waals surface area (Å²) in [6.45, 7) is 0. The minimum absolute atomic E-state index is 0.313. The zero-order valence-electron chi connectivity index (χ0n) is 9.88. The van der Waals surface area contributed by atoms with Crippen molar-refractivity contribution < 1.29 is 14.8 Å². The topological polar surface area (TPSA) is 69.6 Å². The molecule has 0 spiro atoms. The Morgan fingerprint density at radius 1 is 1.05 bits per heavy atom. The van der Waals surface area contributed by atoms with Gasteiger partial charge >= 0.3 is 7.12 Å². The van der Waals surface area contributed by atoms with E-state index in [9.17, 15) is 4.79 Å². The summed E-state index contributed by atoms with van der Waals surface area (Å²) < 4.78 is 0. The molecular weight excluding hydrogens is 264 g/mol. The summed E-state index contributed by atoms with van der Waals surface area (Å²) in [5, 5.41) is 21.1. The third-order valence-corrected chi connectivity index (χ3v) is 2.92. The predicted molar refractivity (Wildman–Crippen MR) is 75.7 cm³/mol. The number of carbonyl (C=O) groups is 1. The maximum absolute atomic E-state index is 12.0. The number of para-hydroxylation sites is 1. The second-order valence-electron chi connectivity index (χ2n) is 3.93. The molecule has 0 heterocycles. The first-order chi connectivity index (χ1) is 9.08. The van der Waals surface area contributed by atoms with E-state index in [0.717, 1.165) is 0 Å². The van der Waals surface area contributed by atoms with Gasteiger partial charge in [-0.15, -0.1) is 0 Å². The lowest BCUT2D eigenvalue weighted by molar-refractivity contribution is 0.102. The average Bonchev–Trinajstić information content (AvgIpc) is 2.41. The van der Waals surface area contributed by atoms with Gasteiger partial charge in [0.25, 0.3) is 5.91 Å². The van der Waals surface area contributed by atoms with Crippen LogP contribution in [0.3, 0.4) is 0 Å². The molecule has 0 aliphatic heterocycles. The van der Waals surface area contributed by atoms with E-state index in [1.807, 2.05) is 0 Å². The summed E-state index contributed by atoms with van der Waals surface area (Å²) in [5.74, 6) is -0.313. The standard InChI is InChI=1S/C13H11BClNO3/c15-11-3-1-2-4-12(11)16-13(17)9-5-7-10(8-6-9)14(18)19/h1-8,18-19H,(H,16,17). The van der Waals surface area contributed by atoms with Crippen molar-refractivity contribution in [3.63, 3.8) is 0 Å². The van der Waals surface area contributed by atoms with Gasteiger partial charge in [0.05, 0.1) is 10.7 Å². The molecule has 2 rings (SSSR count). The van der Waals surface area contributed by atoms with Crippen LogP contribution in [0, 0.1) is 0 Å². The van der Waals surface area contributed by atoms with Crippen LogP contribution < -0.4 is 10.8 Å². The Morgan fingerprint density at radius 3 is 2.26 bits per heavy atom. The predicted octanol–water partition coefficient (Wildman–Crippen LogP) is 1.27. The molecule has 2 aromatic rings. The average molecular weight is 276 g/mol. The third-order valence-electron chi connectivity index (χ3n) is 2.59. The Hall–Kier alpha value is -1.82. The fourth-order valence-corrected chi connectivity index (χ4v) is 1.75. The lowest BCUT2D eigenvalue weighted by Crippen LogP contribution is -2.29. The second-order valence-corrected chi connectivity index (χ2v) is 4.34. The Kier molecular flexibility index (Phi) is 4.22. The Bertz CT molecular complexity index is 587. The molecule has 0 saturated carbocycles. The fourth-order valence-electron chi connectivity index (χ4n) is 1.56. The Labute approximate surface area is 115 Å². The minimum atomic E-state index is -1.54. The van der Waals surface area contributed by atoms with Gasteiger partial charge in [-0.1, -0.05) is 35.9 Å². The van der Waals surface area contributed by atoms with Crippen LogP contribution in [0.4, 0.5) is 5.69 Å². The van der Waals surface area contributed by atoms with Crippen LogP contribution in [0.5, 0.6) is 0 Å². The summed E-state index contributed by atoms with van der Waals surface area (Å²) in [7, 11) is -1.54. The van der Waals surface area contributed by atoms with Crippen molar-refractivity contribution in [2.24, 2.45) is 0 Å². The summed E-state index contributed by atoms with van der Waals surface area (Å²) >= 11 is 5.94. The summed E-state index contributed by atoms with van der Waals surface area (Å²) in [5.41, 5.74) is 1.26. The molecule has 0 bridgehead atoms. The molecule has 6 heteroatoms. The van der Waals surface area contributed by atoms with Crippen LogP contribution in [-0.2, 0) is 0 Å². The Morgan fingerprint density at radius 2 is 1.68 bits per heavy atom. The van der Waals surface area contributed by atoms with E-state index in [0.29, 0.717) is 21.7 Å². The Balaban J connectivity index is 2.14. The molecule has 0 fully saturated rings. The lowest BCUT2D eigenvalue weighted by Gasteiger charge is -2.07. The smallest absolute Gasteiger partial charge is 0.423 e. The molecule has 19 heavy (non-hydrogen) atoms. The van der Waals surface area contributed by atoms with Gasteiger partial charge in [-0.05, 0) is 29.7 Å². The van der Waals surface area contributed by atoms with Crippen molar-refractivity contribution in [2.45, 2.75) is 0 Å². The maximum atomic E-state index is 12.0. The van der Waals surface area contributed by atoms with Crippen molar-refractivity contribution in [1.82, 2.24) is 0 Å². The number of halogens is 1. The number of benzene rings is 2. The first-order valence-corrected chi connectivity index (χ1v) is 5.97. The molecule has 96 valence electrons. The highest BCUT2D eigenvalue weighted by Crippen LogP contribution is 2.20. The molecule has 0 aromatic heterocycles. The highest BCUT2D eigenvalue weighted by atomic mass is 35.5. The first-order valence-electron chi connectivity index (χ1n) is 5.60. The van der Waals surface area contributed by atoms with Gasteiger partial charge in [0.15, 0.2) is 0 Å². The van der Waals surface area contributed by atoms with Gasteiger partial charge in [-0.25, -0.2) is 0 Å². The van der Waals surface area contributed by atoms with E-state index in [2.05, 4.69) is 5.32 Å². The summed E-state index contributed by atoms with van der Waals surface area (Å²) in [6.07, 6.45) is 0. The molecule has 0 radical (unpaired) electrons. The number of nitrogens with one attached hydrogen (secondary N) is 1. The van der Waals surface area contributed by atoms with Gasteiger partial charge in [0.2, 0.25) is 0 Å². The van der Waals surface area contributed by atoms with E-state index in [4.69, 9.17) is 21.6 Å². The van der Waals surface area contributed by atoms with Crippen LogP contribution in [-0.4, -0.2) is 23.1 Å². The van der Waals surface area contributed by atoms with Crippen LogP contribution in [0.15, 0.2) is 48.5 Å². The van der Waals surface area contributed by atoms with Crippen molar-refractivity contribution >= 4 is 35.8 Å². The number of carbonyl (C=O) groups excluding carboxylic acids is 1. The highest BCUT2D eigenvalue weighted by Gasteiger charge is 2.12. The summed E-state index contributed by atoms with van der Waals surface area (Å²) in [4.78, 5) is 12.0. The van der Waals surface area contributed by atoms with Crippen molar-refractivity contribution in [2.75, 3.05) is 5.32 Å². The molecule has 1 amide bonds. The molecule has 0 aliphatic rings. The van der Waals surface area contributed by atoms with Crippen LogP contribution >= 0.6 is 11.6 Å². The molecule has 0 unspecified atom stereocenters. The number of anilines is 1. The fraction of sp³-hybridized carbons (Fsp3) is 0. The minimum Gasteiger partial charge on any atom is -0.423 e. The molecular formula is C13H11BClNO3. The zero-order valence-corrected chi connectivity index (χ0v) is 10.6. The number of hydrogen-bond acceptors (Lipinski definition) is 3. The third kappa shape index (κ3) is 3.35. The van der Waals surface area contributed by atoms with Crippen molar-refractivity contribution in [3.05, 3.63) is 59.1 Å². The van der Waals surface area contributed by atoms with E-state index >= 15 is 0 Å². The quantitative estimate of drug-likeness (QED) is 0.739. The molecule has 2 aromatic carbocycles. The van der Waals surface area contributed by atoms with Crippen LogP contribution in [0.2, 0.25) is 5.02 Å². The molecule has 3 N–H and O–H groups in total. The van der Waals surface area contributed by atoms with E-state index in [1.54, 1.807) is 24.3 Å². The van der Waals surface area contributed by atoms with E-state index < -0.39 is 7.12 Å². The van der Waals surface area contributed by atoms with Crippen LogP contribution in [0.1, 0.15) is 10.4 Å². The maximum Gasteiger partial charge on any atom is 0.488 e. The van der Waals surface area contributed by atoms with Gasteiger partial charge in [-0.3, -0.25) is 4.79 Å².